The van der Waals surface area contributed by atoms with Gasteiger partial charge in [0.05, 0.1) is 0 Å². The number of halogens is 2. The highest BCUT2D eigenvalue weighted by atomic mass is 35.5. The van der Waals surface area contributed by atoms with Gasteiger partial charge in [0.1, 0.15) is 5.88 Å². The van der Waals surface area contributed by atoms with Crippen molar-refractivity contribution in [2.45, 2.75) is 6.42 Å². The molecule has 2 nitrogen and oxygen atoms in total. The van der Waals surface area contributed by atoms with Crippen molar-refractivity contribution in [1.29, 1.82) is 0 Å². The fraction of sp³-hybridized carbons (Fsp3) is 0.250. The summed E-state index contributed by atoms with van der Waals surface area (Å²) in [6, 6.07) is 5.87. The number of thiophene rings is 1. The van der Waals surface area contributed by atoms with Gasteiger partial charge in [-0.15, -0.1) is 22.9 Å². The highest BCUT2D eigenvalue weighted by molar-refractivity contribution is 7.17. The molecule has 1 N–H and O–H groups in total. The van der Waals surface area contributed by atoms with E-state index in [1.54, 1.807) is 11.3 Å². The number of benzene rings is 1. The van der Waals surface area contributed by atoms with Crippen LogP contribution in [-0.4, -0.2) is 18.3 Å². The molecule has 90 valence electrons. The third-order valence-electron chi connectivity index (χ3n) is 2.45. The van der Waals surface area contributed by atoms with Crippen molar-refractivity contribution in [3.05, 3.63) is 34.2 Å². The zero-order valence-corrected chi connectivity index (χ0v) is 11.3. The van der Waals surface area contributed by atoms with E-state index in [4.69, 9.17) is 23.2 Å². The molecule has 5 heteroatoms. The molecule has 0 saturated carbocycles. The molecule has 0 aliphatic heterocycles. The van der Waals surface area contributed by atoms with Crippen LogP contribution in [0.3, 0.4) is 0 Å². The summed E-state index contributed by atoms with van der Waals surface area (Å²) in [5.74, 6) is -0.125. The normalized spacial score (nSPS) is 10.7. The maximum atomic E-state index is 11.0. The van der Waals surface area contributed by atoms with Crippen LogP contribution in [-0.2, 0) is 11.2 Å². The monoisotopic (exact) mass is 287 g/mol. The number of amides is 1. The number of rotatable bonds is 4. The van der Waals surface area contributed by atoms with E-state index in [-0.39, 0.29) is 11.8 Å². The Hall–Kier alpha value is -0.770. The van der Waals surface area contributed by atoms with Crippen LogP contribution < -0.4 is 5.32 Å². The van der Waals surface area contributed by atoms with Gasteiger partial charge in [-0.2, -0.15) is 0 Å². The van der Waals surface area contributed by atoms with E-state index < -0.39 is 0 Å². The maximum Gasteiger partial charge on any atom is 0.234 e. The van der Waals surface area contributed by atoms with E-state index in [9.17, 15) is 4.79 Å². The standard InChI is InChI=1S/C12H11Cl2NOS/c13-6-12(16)15-4-3-8-7-17-11-2-1-9(14)5-10(8)11/h1-2,5,7H,3-4,6H2,(H,15,16). The lowest BCUT2D eigenvalue weighted by Crippen LogP contribution is -2.26. The van der Waals surface area contributed by atoms with E-state index in [0.717, 1.165) is 11.4 Å². The fourth-order valence-electron chi connectivity index (χ4n) is 1.63. The summed E-state index contributed by atoms with van der Waals surface area (Å²) >= 11 is 13.1. The SMILES string of the molecule is O=C(CCl)NCCc1csc2ccc(Cl)cc12. The Labute approximate surface area is 114 Å². The highest BCUT2D eigenvalue weighted by Crippen LogP contribution is 2.28. The van der Waals surface area contributed by atoms with Gasteiger partial charge in [-0.3, -0.25) is 4.79 Å². The van der Waals surface area contributed by atoms with Gasteiger partial charge in [-0.1, -0.05) is 11.6 Å². The number of nitrogens with one attached hydrogen (secondary N) is 1. The van der Waals surface area contributed by atoms with Gasteiger partial charge < -0.3 is 5.32 Å². The van der Waals surface area contributed by atoms with Crippen molar-refractivity contribution in [2.75, 3.05) is 12.4 Å². The number of carbonyl (C=O) groups is 1. The molecular formula is C12H11Cl2NOS. The molecule has 0 fully saturated rings. The van der Waals surface area contributed by atoms with Gasteiger partial charge in [-0.05, 0) is 40.9 Å². The van der Waals surface area contributed by atoms with Gasteiger partial charge in [0.25, 0.3) is 0 Å². The van der Waals surface area contributed by atoms with E-state index in [0.29, 0.717) is 6.54 Å². The number of fused-ring (bicyclic) bond motifs is 1. The van der Waals surface area contributed by atoms with Crippen LogP contribution in [0.2, 0.25) is 5.02 Å². The third-order valence-corrected chi connectivity index (χ3v) is 3.94. The van der Waals surface area contributed by atoms with Gasteiger partial charge >= 0.3 is 0 Å². The predicted molar refractivity (Wildman–Crippen MR) is 74.3 cm³/mol. The smallest absolute Gasteiger partial charge is 0.234 e. The minimum Gasteiger partial charge on any atom is -0.355 e. The van der Waals surface area contributed by atoms with E-state index in [2.05, 4.69) is 10.7 Å². The zero-order chi connectivity index (χ0) is 12.3. The van der Waals surface area contributed by atoms with Crippen LogP contribution in [0.15, 0.2) is 23.6 Å². The second-order valence-electron chi connectivity index (χ2n) is 3.64. The molecular weight excluding hydrogens is 277 g/mol. The summed E-state index contributed by atoms with van der Waals surface area (Å²) in [6.07, 6.45) is 0.795. The summed E-state index contributed by atoms with van der Waals surface area (Å²) < 4.78 is 1.22. The van der Waals surface area contributed by atoms with Crippen LogP contribution in [0.4, 0.5) is 0 Å². The molecule has 1 aromatic carbocycles. The lowest BCUT2D eigenvalue weighted by molar-refractivity contribution is -0.118. The summed E-state index contributed by atoms with van der Waals surface area (Å²) in [5, 5.41) is 6.76. The molecule has 1 amide bonds. The average molecular weight is 288 g/mol. The van der Waals surface area contributed by atoms with Crippen LogP contribution in [0.1, 0.15) is 5.56 Å². The first kappa shape index (κ1) is 12.7. The molecule has 2 aromatic rings. The van der Waals surface area contributed by atoms with E-state index in [1.165, 1.54) is 15.6 Å². The molecule has 0 unspecified atom stereocenters. The van der Waals surface area contributed by atoms with E-state index >= 15 is 0 Å². The van der Waals surface area contributed by atoms with Crippen LogP contribution >= 0.6 is 34.5 Å². The summed E-state index contributed by atoms with van der Waals surface area (Å²) in [4.78, 5) is 11.0. The quantitative estimate of drug-likeness (QED) is 0.858. The first-order valence-corrected chi connectivity index (χ1v) is 6.98. The second-order valence-corrected chi connectivity index (χ2v) is 5.25. The fourth-order valence-corrected chi connectivity index (χ4v) is 2.88. The lowest BCUT2D eigenvalue weighted by Gasteiger charge is -2.02. The molecule has 0 spiro atoms. The third kappa shape index (κ3) is 3.12. The molecule has 0 radical (unpaired) electrons. The Balaban J connectivity index is 2.08. The van der Waals surface area contributed by atoms with Gasteiger partial charge in [0.15, 0.2) is 0 Å². The van der Waals surface area contributed by atoms with E-state index in [1.807, 2.05) is 18.2 Å². The Bertz CT molecular complexity index is 538. The van der Waals surface area contributed by atoms with Crippen molar-refractivity contribution in [3.8, 4) is 0 Å². The van der Waals surface area contributed by atoms with Gasteiger partial charge in [-0.25, -0.2) is 0 Å². The van der Waals surface area contributed by atoms with Gasteiger partial charge in [0.2, 0.25) is 5.91 Å². The topological polar surface area (TPSA) is 29.1 Å². The second kappa shape index (κ2) is 5.71. The Morgan fingerprint density at radius 1 is 1.41 bits per heavy atom. The molecule has 0 aliphatic rings. The largest absolute Gasteiger partial charge is 0.355 e. The van der Waals surface area contributed by atoms with Gasteiger partial charge in [0, 0.05) is 16.3 Å². The van der Waals surface area contributed by atoms with Crippen molar-refractivity contribution in [1.82, 2.24) is 5.32 Å². The first-order chi connectivity index (χ1) is 8.20. The molecule has 2 rings (SSSR count). The van der Waals surface area contributed by atoms with Crippen LogP contribution in [0, 0.1) is 0 Å². The minimum absolute atomic E-state index is 0.0101. The predicted octanol–water partition coefficient (Wildman–Crippen LogP) is 3.45. The number of hydrogen-bond donors (Lipinski definition) is 1. The summed E-state index contributed by atoms with van der Waals surface area (Å²) in [7, 11) is 0. The number of carbonyl (C=O) groups excluding carboxylic acids is 1. The van der Waals surface area contributed by atoms with Crippen molar-refractivity contribution >= 4 is 50.5 Å². The minimum atomic E-state index is -0.135. The number of hydrogen-bond acceptors (Lipinski definition) is 2. The first-order valence-electron chi connectivity index (χ1n) is 5.19. The molecule has 0 atom stereocenters. The van der Waals surface area contributed by atoms with Crippen molar-refractivity contribution in [3.63, 3.8) is 0 Å². The molecule has 0 saturated heterocycles. The molecule has 0 bridgehead atoms. The Morgan fingerprint density at radius 3 is 3.00 bits per heavy atom. The Morgan fingerprint density at radius 2 is 2.24 bits per heavy atom. The van der Waals surface area contributed by atoms with Crippen LogP contribution in [0.25, 0.3) is 10.1 Å². The summed E-state index contributed by atoms with van der Waals surface area (Å²) in [5.41, 5.74) is 1.21. The zero-order valence-electron chi connectivity index (χ0n) is 9.00. The van der Waals surface area contributed by atoms with Crippen molar-refractivity contribution < 1.29 is 4.79 Å². The molecule has 0 aliphatic carbocycles. The molecule has 17 heavy (non-hydrogen) atoms. The van der Waals surface area contributed by atoms with Crippen molar-refractivity contribution in [2.24, 2.45) is 0 Å². The lowest BCUT2D eigenvalue weighted by atomic mass is 10.1. The highest BCUT2D eigenvalue weighted by Gasteiger charge is 2.05. The maximum absolute atomic E-state index is 11.0. The average Bonchev–Trinajstić information content (AvgIpc) is 2.72. The molecule has 1 heterocycles. The number of alkyl halides is 1. The van der Waals surface area contributed by atoms with Crippen LogP contribution in [0.5, 0.6) is 0 Å². The summed E-state index contributed by atoms with van der Waals surface area (Å²) in [6.45, 7) is 0.601. The molecule has 1 aromatic heterocycles. The Kier molecular flexibility index (Phi) is 4.26.